The second kappa shape index (κ2) is 10.8. The van der Waals surface area contributed by atoms with Gasteiger partial charge in [0.05, 0.1) is 31.5 Å². The van der Waals surface area contributed by atoms with Gasteiger partial charge in [-0.1, -0.05) is 17.7 Å². The number of hydrogen-bond acceptors (Lipinski definition) is 8. The van der Waals surface area contributed by atoms with E-state index in [2.05, 4.69) is 10.3 Å². The van der Waals surface area contributed by atoms with E-state index in [-0.39, 0.29) is 34.2 Å². The molecule has 1 amide bonds. The standard InChI is InChI=1S/C23H25ClN4O6S2/c1-33-17-7-6-15(19(12-17)34-2)13-28(22-25-9-11-35-22)36(31,32)20-5-3-4-18(21(20)24)26-16-8-10-27(14-16)23(29)30/h3-7,9,11-12,16,26H,8,10,13-14H2,1-2H3,(H,29,30)/t16-/m0/s1. The number of anilines is 2. The summed E-state index contributed by atoms with van der Waals surface area (Å²) in [5, 5.41) is 14.4. The number of hydrogen-bond donors (Lipinski definition) is 2. The number of methoxy groups -OCH3 is 2. The molecule has 1 fully saturated rings. The minimum atomic E-state index is -4.16. The van der Waals surface area contributed by atoms with Crippen LogP contribution in [0.5, 0.6) is 11.5 Å². The third-order valence-corrected chi connectivity index (χ3v) is 9.00. The molecule has 0 radical (unpaired) electrons. The molecule has 4 rings (SSSR count). The monoisotopic (exact) mass is 552 g/mol. The predicted molar refractivity (Wildman–Crippen MR) is 138 cm³/mol. The summed E-state index contributed by atoms with van der Waals surface area (Å²) in [6.45, 7) is 0.627. The Kier molecular flexibility index (Phi) is 7.76. The summed E-state index contributed by atoms with van der Waals surface area (Å²) >= 11 is 7.80. The predicted octanol–water partition coefficient (Wildman–Crippen LogP) is 4.37. The number of amides is 1. The van der Waals surface area contributed by atoms with Gasteiger partial charge in [-0.3, -0.25) is 0 Å². The van der Waals surface area contributed by atoms with Crippen LogP contribution in [0.3, 0.4) is 0 Å². The highest BCUT2D eigenvalue weighted by molar-refractivity contribution is 7.93. The van der Waals surface area contributed by atoms with E-state index in [0.29, 0.717) is 35.7 Å². The number of rotatable bonds is 9. The quantitative estimate of drug-likeness (QED) is 0.401. The van der Waals surface area contributed by atoms with E-state index in [4.69, 9.17) is 21.1 Å². The fraction of sp³-hybridized carbons (Fsp3) is 0.304. The summed E-state index contributed by atoms with van der Waals surface area (Å²) in [6, 6.07) is 9.67. The Morgan fingerprint density at radius 1 is 1.31 bits per heavy atom. The lowest BCUT2D eigenvalue weighted by Crippen LogP contribution is -2.31. The number of sulfonamides is 1. The van der Waals surface area contributed by atoms with Gasteiger partial charge in [0.1, 0.15) is 16.4 Å². The molecule has 2 N–H and O–H groups in total. The summed E-state index contributed by atoms with van der Waals surface area (Å²) < 4.78 is 39.8. The molecule has 10 nitrogen and oxygen atoms in total. The number of benzene rings is 2. The van der Waals surface area contributed by atoms with E-state index in [0.717, 1.165) is 0 Å². The maximum Gasteiger partial charge on any atom is 0.407 e. The van der Waals surface area contributed by atoms with Crippen molar-refractivity contribution in [1.82, 2.24) is 9.88 Å². The van der Waals surface area contributed by atoms with Crippen LogP contribution in [-0.2, 0) is 16.6 Å². The topological polar surface area (TPSA) is 121 Å². The smallest absolute Gasteiger partial charge is 0.407 e. The van der Waals surface area contributed by atoms with Crippen molar-refractivity contribution in [2.24, 2.45) is 0 Å². The molecule has 0 aliphatic carbocycles. The Morgan fingerprint density at radius 3 is 2.75 bits per heavy atom. The van der Waals surface area contributed by atoms with Gasteiger partial charge in [0.25, 0.3) is 10.0 Å². The summed E-state index contributed by atoms with van der Waals surface area (Å²) in [7, 11) is -1.12. The zero-order valence-electron chi connectivity index (χ0n) is 19.5. The number of aromatic nitrogens is 1. The van der Waals surface area contributed by atoms with Crippen LogP contribution >= 0.6 is 22.9 Å². The normalized spacial score (nSPS) is 15.5. The van der Waals surface area contributed by atoms with Crippen molar-refractivity contribution in [3.8, 4) is 11.5 Å². The average molecular weight is 553 g/mol. The van der Waals surface area contributed by atoms with Gasteiger partial charge in [-0.2, -0.15) is 0 Å². The van der Waals surface area contributed by atoms with E-state index in [1.165, 1.54) is 47.0 Å². The average Bonchev–Trinajstić information content (AvgIpc) is 3.56. The largest absolute Gasteiger partial charge is 0.497 e. The number of halogens is 1. The molecule has 1 aliphatic heterocycles. The first-order valence-corrected chi connectivity index (χ1v) is 13.6. The summed E-state index contributed by atoms with van der Waals surface area (Å²) in [4.78, 5) is 16.7. The van der Waals surface area contributed by atoms with Gasteiger partial charge >= 0.3 is 6.09 Å². The molecule has 2 heterocycles. The second-order valence-corrected chi connectivity index (χ2v) is 11.1. The fourth-order valence-electron chi connectivity index (χ4n) is 3.94. The van der Waals surface area contributed by atoms with Crippen LogP contribution in [0, 0.1) is 0 Å². The number of nitrogens with zero attached hydrogens (tertiary/aromatic N) is 3. The van der Waals surface area contributed by atoms with E-state index in [1.807, 2.05) is 0 Å². The zero-order chi connectivity index (χ0) is 25.9. The Morgan fingerprint density at radius 2 is 2.11 bits per heavy atom. The van der Waals surface area contributed by atoms with Crippen LogP contribution in [0.25, 0.3) is 0 Å². The highest BCUT2D eigenvalue weighted by Gasteiger charge is 2.32. The number of nitrogens with one attached hydrogen (secondary N) is 1. The third-order valence-electron chi connectivity index (χ3n) is 5.79. The van der Waals surface area contributed by atoms with Crippen molar-refractivity contribution in [2.45, 2.75) is 23.9 Å². The molecular formula is C23H25ClN4O6S2. The van der Waals surface area contributed by atoms with Crippen molar-refractivity contribution < 1.29 is 27.8 Å². The molecule has 1 saturated heterocycles. The SMILES string of the molecule is COc1ccc(CN(c2nccs2)S(=O)(=O)c2cccc(N[C@H]3CCN(C(=O)O)C3)c2Cl)c(OC)c1. The van der Waals surface area contributed by atoms with Crippen LogP contribution in [-0.4, -0.2) is 62.9 Å². The number of carbonyl (C=O) groups is 1. The lowest BCUT2D eigenvalue weighted by atomic mass is 10.2. The van der Waals surface area contributed by atoms with Gasteiger partial charge in [-0.25, -0.2) is 22.5 Å². The lowest BCUT2D eigenvalue weighted by Gasteiger charge is -2.24. The molecule has 192 valence electrons. The molecule has 3 aromatic rings. The van der Waals surface area contributed by atoms with Gasteiger partial charge in [0, 0.05) is 42.3 Å². The Hall–Kier alpha value is -3.22. The van der Waals surface area contributed by atoms with E-state index in [9.17, 15) is 18.3 Å². The number of thiazole rings is 1. The molecule has 2 aromatic carbocycles. The number of ether oxygens (including phenoxy) is 2. The van der Waals surface area contributed by atoms with E-state index >= 15 is 0 Å². The van der Waals surface area contributed by atoms with Crippen LogP contribution in [0.4, 0.5) is 15.6 Å². The minimum absolute atomic E-state index is 0.0227. The minimum Gasteiger partial charge on any atom is -0.497 e. The summed E-state index contributed by atoms with van der Waals surface area (Å²) in [5.74, 6) is 1.05. The lowest BCUT2D eigenvalue weighted by molar-refractivity contribution is 0.155. The maximum atomic E-state index is 13.9. The molecule has 0 bridgehead atoms. The maximum absolute atomic E-state index is 13.9. The summed E-state index contributed by atoms with van der Waals surface area (Å²) in [5.41, 5.74) is 1.03. The van der Waals surface area contributed by atoms with Crippen LogP contribution in [0.15, 0.2) is 52.9 Å². The molecule has 0 unspecified atom stereocenters. The molecule has 13 heteroatoms. The van der Waals surface area contributed by atoms with E-state index < -0.39 is 16.1 Å². The highest BCUT2D eigenvalue weighted by atomic mass is 35.5. The highest BCUT2D eigenvalue weighted by Crippen LogP contribution is 2.37. The molecule has 1 aromatic heterocycles. The first kappa shape index (κ1) is 25.9. The Bertz CT molecular complexity index is 1340. The summed E-state index contributed by atoms with van der Waals surface area (Å²) in [6.07, 6.45) is 1.12. The van der Waals surface area contributed by atoms with Crippen LogP contribution in [0.1, 0.15) is 12.0 Å². The molecule has 1 atom stereocenters. The Balaban J connectivity index is 1.68. The van der Waals surface area contributed by atoms with Crippen LogP contribution < -0.4 is 19.1 Å². The van der Waals surface area contributed by atoms with Crippen molar-refractivity contribution in [3.05, 3.63) is 58.6 Å². The molecule has 36 heavy (non-hydrogen) atoms. The number of carboxylic acid groups (broad SMARTS) is 1. The van der Waals surface area contributed by atoms with Crippen molar-refractivity contribution in [2.75, 3.05) is 36.9 Å². The number of likely N-dealkylation sites (tertiary alicyclic amines) is 1. The van der Waals surface area contributed by atoms with Crippen LogP contribution in [0.2, 0.25) is 5.02 Å². The molecule has 1 aliphatic rings. The molecular weight excluding hydrogens is 528 g/mol. The van der Waals surface area contributed by atoms with Crippen molar-refractivity contribution in [3.63, 3.8) is 0 Å². The third kappa shape index (κ3) is 5.30. The van der Waals surface area contributed by atoms with Crippen molar-refractivity contribution in [1.29, 1.82) is 0 Å². The van der Waals surface area contributed by atoms with Gasteiger partial charge in [-0.15, -0.1) is 11.3 Å². The van der Waals surface area contributed by atoms with Crippen molar-refractivity contribution >= 4 is 49.9 Å². The molecule has 0 spiro atoms. The second-order valence-electron chi connectivity index (χ2n) is 7.98. The first-order chi connectivity index (χ1) is 17.2. The fourth-order valence-corrected chi connectivity index (χ4v) is 6.77. The van der Waals surface area contributed by atoms with Gasteiger partial charge < -0.3 is 24.8 Å². The van der Waals surface area contributed by atoms with E-state index in [1.54, 1.807) is 35.7 Å². The zero-order valence-corrected chi connectivity index (χ0v) is 21.9. The first-order valence-electron chi connectivity index (χ1n) is 10.9. The van der Waals surface area contributed by atoms with Gasteiger partial charge in [0.15, 0.2) is 5.13 Å². The van der Waals surface area contributed by atoms with Gasteiger partial charge in [0.2, 0.25) is 0 Å². The molecule has 0 saturated carbocycles. The Labute approximate surface area is 218 Å². The van der Waals surface area contributed by atoms with Gasteiger partial charge in [-0.05, 0) is 30.7 Å².